The first-order valence-corrected chi connectivity index (χ1v) is 8.43. The molecule has 1 atom stereocenters. The summed E-state index contributed by atoms with van der Waals surface area (Å²) < 4.78 is 18.8. The van der Waals surface area contributed by atoms with Crippen molar-refractivity contribution in [3.63, 3.8) is 0 Å². The summed E-state index contributed by atoms with van der Waals surface area (Å²) in [5, 5.41) is 19.4. The van der Waals surface area contributed by atoms with Crippen LogP contribution >= 0.6 is 0 Å². The quantitative estimate of drug-likeness (QED) is 0.839. The number of phenols is 1. The number of nitrogens with zero attached hydrogens (tertiary/aromatic N) is 2. The Morgan fingerprint density at radius 3 is 2.44 bits per heavy atom. The number of ether oxygens (including phenoxy) is 1. The number of piperazine rings is 1. The maximum atomic E-state index is 13.3. The first-order chi connectivity index (χ1) is 12.1. The van der Waals surface area contributed by atoms with Crippen molar-refractivity contribution in [2.45, 2.75) is 6.10 Å². The van der Waals surface area contributed by atoms with Gasteiger partial charge in [-0.2, -0.15) is 0 Å². The van der Waals surface area contributed by atoms with Gasteiger partial charge in [-0.1, -0.05) is 6.07 Å². The summed E-state index contributed by atoms with van der Waals surface area (Å²) in [5.74, 6) is 0.582. The van der Waals surface area contributed by atoms with Crippen molar-refractivity contribution in [2.24, 2.45) is 0 Å². The number of benzene rings is 2. The summed E-state index contributed by atoms with van der Waals surface area (Å²) in [7, 11) is 0. The summed E-state index contributed by atoms with van der Waals surface area (Å²) in [4.78, 5) is 4.33. The molecule has 6 heteroatoms. The highest BCUT2D eigenvalue weighted by Gasteiger charge is 2.20. The number of rotatable bonds is 6. The van der Waals surface area contributed by atoms with Crippen LogP contribution in [0.15, 0.2) is 48.5 Å². The van der Waals surface area contributed by atoms with Crippen molar-refractivity contribution in [3.05, 3.63) is 54.3 Å². The Morgan fingerprint density at radius 2 is 1.76 bits per heavy atom. The number of halogens is 1. The molecule has 134 valence electrons. The van der Waals surface area contributed by atoms with Gasteiger partial charge < -0.3 is 19.8 Å². The molecule has 0 bridgehead atoms. The molecular formula is C19H23FN2O3. The first-order valence-electron chi connectivity index (χ1n) is 8.43. The van der Waals surface area contributed by atoms with Crippen LogP contribution in [0.25, 0.3) is 0 Å². The van der Waals surface area contributed by atoms with E-state index in [2.05, 4.69) is 9.80 Å². The van der Waals surface area contributed by atoms with Gasteiger partial charge in [-0.15, -0.1) is 0 Å². The zero-order chi connectivity index (χ0) is 17.6. The van der Waals surface area contributed by atoms with Crippen molar-refractivity contribution in [1.29, 1.82) is 0 Å². The normalized spacial score (nSPS) is 16.6. The molecule has 2 N–H and O–H groups in total. The second-order valence-electron chi connectivity index (χ2n) is 6.23. The maximum absolute atomic E-state index is 13.3. The third-order valence-electron chi connectivity index (χ3n) is 4.29. The molecule has 1 heterocycles. The van der Waals surface area contributed by atoms with Gasteiger partial charge in [-0.25, -0.2) is 4.39 Å². The molecule has 1 aliphatic rings. The van der Waals surface area contributed by atoms with E-state index in [-0.39, 0.29) is 18.2 Å². The van der Waals surface area contributed by atoms with Gasteiger partial charge in [0.05, 0.1) is 0 Å². The van der Waals surface area contributed by atoms with E-state index in [1.807, 2.05) is 6.07 Å². The number of hydrogen-bond donors (Lipinski definition) is 2. The Kier molecular flexibility index (Phi) is 5.73. The number of β-amino-alcohol motifs (C(OH)–C–C–N with tert-alkyl or cyclic N) is 1. The summed E-state index contributed by atoms with van der Waals surface area (Å²) in [6.45, 7) is 3.97. The van der Waals surface area contributed by atoms with Crippen LogP contribution in [-0.4, -0.2) is 60.5 Å². The lowest BCUT2D eigenvalue weighted by atomic mass is 10.2. The van der Waals surface area contributed by atoms with Gasteiger partial charge in [-0.3, -0.25) is 4.90 Å². The van der Waals surface area contributed by atoms with Crippen molar-refractivity contribution >= 4 is 5.69 Å². The van der Waals surface area contributed by atoms with Gasteiger partial charge in [0.2, 0.25) is 0 Å². The summed E-state index contributed by atoms with van der Waals surface area (Å²) in [5.41, 5.74) is 0.899. The molecule has 2 aromatic rings. The first kappa shape index (κ1) is 17.5. The summed E-state index contributed by atoms with van der Waals surface area (Å²) in [6.07, 6.45) is -0.588. The molecule has 0 aliphatic carbocycles. The van der Waals surface area contributed by atoms with Crippen LogP contribution < -0.4 is 9.64 Å². The smallest absolute Gasteiger partial charge is 0.125 e. The van der Waals surface area contributed by atoms with Gasteiger partial charge >= 0.3 is 0 Å². The molecule has 25 heavy (non-hydrogen) atoms. The standard InChI is InChI=1S/C19H23FN2O3/c20-15-2-1-3-16(12-15)22-10-8-21(9-11-22)13-18(24)14-25-19-6-4-17(23)5-7-19/h1-7,12,18,23-24H,8-11,13-14H2. The van der Waals surface area contributed by atoms with Crippen LogP contribution in [0, 0.1) is 5.82 Å². The van der Waals surface area contributed by atoms with Gasteiger partial charge in [0.25, 0.3) is 0 Å². The maximum Gasteiger partial charge on any atom is 0.125 e. The molecule has 3 rings (SSSR count). The van der Waals surface area contributed by atoms with Gasteiger partial charge in [0, 0.05) is 38.4 Å². The molecule has 0 radical (unpaired) electrons. The molecular weight excluding hydrogens is 323 g/mol. The van der Waals surface area contributed by atoms with E-state index in [0.717, 1.165) is 31.9 Å². The molecule has 5 nitrogen and oxygen atoms in total. The van der Waals surface area contributed by atoms with E-state index in [9.17, 15) is 14.6 Å². The zero-order valence-electron chi connectivity index (χ0n) is 14.0. The van der Waals surface area contributed by atoms with E-state index in [1.165, 1.54) is 6.07 Å². The molecule has 1 unspecified atom stereocenters. The van der Waals surface area contributed by atoms with Crippen LogP contribution in [-0.2, 0) is 0 Å². The number of aromatic hydroxyl groups is 1. The Labute approximate surface area is 146 Å². The van der Waals surface area contributed by atoms with E-state index in [1.54, 1.807) is 36.4 Å². The second-order valence-corrected chi connectivity index (χ2v) is 6.23. The molecule has 1 aliphatic heterocycles. The molecule has 1 fully saturated rings. The molecule has 1 saturated heterocycles. The van der Waals surface area contributed by atoms with Crippen LogP contribution in [0.2, 0.25) is 0 Å². The Balaban J connectivity index is 1.41. The van der Waals surface area contributed by atoms with E-state index >= 15 is 0 Å². The van der Waals surface area contributed by atoms with Crippen LogP contribution in [0.1, 0.15) is 0 Å². The Hall–Kier alpha value is -2.31. The number of anilines is 1. The van der Waals surface area contributed by atoms with Gasteiger partial charge in [0.1, 0.15) is 30.0 Å². The SMILES string of the molecule is Oc1ccc(OCC(O)CN2CCN(c3cccc(F)c3)CC2)cc1. The van der Waals surface area contributed by atoms with E-state index in [0.29, 0.717) is 12.3 Å². The third kappa shape index (κ3) is 5.08. The fourth-order valence-corrected chi connectivity index (χ4v) is 2.95. The number of phenolic OH excluding ortho intramolecular Hbond substituents is 1. The molecule has 0 spiro atoms. The second kappa shape index (κ2) is 8.18. The Morgan fingerprint density at radius 1 is 1.04 bits per heavy atom. The van der Waals surface area contributed by atoms with Crippen LogP contribution in [0.5, 0.6) is 11.5 Å². The van der Waals surface area contributed by atoms with E-state index < -0.39 is 6.10 Å². The average Bonchev–Trinajstić information content (AvgIpc) is 2.62. The number of aliphatic hydroxyl groups excluding tert-OH is 1. The van der Waals surface area contributed by atoms with Gasteiger partial charge in [-0.05, 0) is 42.5 Å². The largest absolute Gasteiger partial charge is 0.508 e. The Bertz CT molecular complexity index is 673. The third-order valence-corrected chi connectivity index (χ3v) is 4.29. The van der Waals surface area contributed by atoms with Crippen molar-refractivity contribution in [1.82, 2.24) is 4.90 Å². The lowest BCUT2D eigenvalue weighted by molar-refractivity contribution is 0.0663. The average molecular weight is 346 g/mol. The van der Waals surface area contributed by atoms with Crippen molar-refractivity contribution in [2.75, 3.05) is 44.2 Å². The van der Waals surface area contributed by atoms with Crippen molar-refractivity contribution < 1.29 is 19.3 Å². The van der Waals surface area contributed by atoms with Gasteiger partial charge in [0.15, 0.2) is 0 Å². The summed E-state index contributed by atoms with van der Waals surface area (Å²) >= 11 is 0. The zero-order valence-corrected chi connectivity index (χ0v) is 14.0. The molecule has 2 aromatic carbocycles. The summed E-state index contributed by atoms with van der Waals surface area (Å²) in [6, 6.07) is 13.1. The predicted molar refractivity (Wildman–Crippen MR) is 94.7 cm³/mol. The molecule has 0 aromatic heterocycles. The highest BCUT2D eigenvalue weighted by Crippen LogP contribution is 2.18. The molecule has 0 saturated carbocycles. The fraction of sp³-hybridized carbons (Fsp3) is 0.368. The fourth-order valence-electron chi connectivity index (χ4n) is 2.95. The minimum atomic E-state index is -0.588. The minimum absolute atomic E-state index is 0.184. The number of hydrogen-bond acceptors (Lipinski definition) is 5. The highest BCUT2D eigenvalue weighted by molar-refractivity contribution is 5.46. The lowest BCUT2D eigenvalue weighted by Gasteiger charge is -2.36. The lowest BCUT2D eigenvalue weighted by Crippen LogP contribution is -2.49. The predicted octanol–water partition coefficient (Wildman–Crippen LogP) is 2.09. The van der Waals surface area contributed by atoms with Crippen molar-refractivity contribution in [3.8, 4) is 11.5 Å². The number of aliphatic hydroxyl groups is 1. The van der Waals surface area contributed by atoms with Crippen LogP contribution in [0.4, 0.5) is 10.1 Å². The molecule has 0 amide bonds. The van der Waals surface area contributed by atoms with Crippen LogP contribution in [0.3, 0.4) is 0 Å². The van der Waals surface area contributed by atoms with E-state index in [4.69, 9.17) is 4.74 Å². The monoisotopic (exact) mass is 346 g/mol. The topological polar surface area (TPSA) is 56.2 Å². The highest BCUT2D eigenvalue weighted by atomic mass is 19.1. The minimum Gasteiger partial charge on any atom is -0.508 e.